The molecule has 0 atom stereocenters. The van der Waals surface area contributed by atoms with Crippen LogP contribution >= 0.6 is 29.1 Å². The van der Waals surface area contributed by atoms with E-state index in [1.807, 2.05) is 0 Å². The van der Waals surface area contributed by atoms with Crippen LogP contribution in [0.4, 0.5) is 0 Å². The zero-order valence-corrected chi connectivity index (χ0v) is 9.65. The summed E-state index contributed by atoms with van der Waals surface area (Å²) >= 11 is -1.66. The second-order valence-electron chi connectivity index (χ2n) is 2.47. The van der Waals surface area contributed by atoms with E-state index in [1.54, 1.807) is 11.1 Å². The van der Waals surface area contributed by atoms with Crippen molar-refractivity contribution < 1.29 is 13.0 Å². The summed E-state index contributed by atoms with van der Waals surface area (Å²) in [5.74, 6) is 0. The molecule has 0 aliphatic heterocycles. The fourth-order valence-corrected chi connectivity index (χ4v) is 1.31. The molecule has 0 aromatic heterocycles. The second-order valence-corrected chi connectivity index (χ2v) is 9.93. The van der Waals surface area contributed by atoms with Gasteiger partial charge in [0, 0.05) is 0 Å². The molecule has 0 spiro atoms. The molecular weight excluding hydrogens is 293 g/mol. The van der Waals surface area contributed by atoms with E-state index in [-0.39, 0.29) is 0 Å². The third-order valence-electron chi connectivity index (χ3n) is 1.78. The fraction of sp³-hybridized carbons (Fsp3) is 0.429. The zero-order valence-electron chi connectivity index (χ0n) is 5.74. The summed E-state index contributed by atoms with van der Waals surface area (Å²) in [6.45, 7) is 0. The monoisotopic (exact) mass is 300 g/mol. The minimum absolute atomic E-state index is 1.31. The van der Waals surface area contributed by atoms with Gasteiger partial charge in [0.15, 0.2) is 0 Å². The predicted octanol–water partition coefficient (Wildman–Crippen LogP) is 4.10. The topological polar surface area (TPSA) is 0 Å². The average molecular weight is 301 g/mol. The first kappa shape index (κ1) is 10.1. The molecule has 2 aliphatic rings. The Hall–Kier alpha value is 0.973. The van der Waals surface area contributed by atoms with Gasteiger partial charge in [0.05, 0.1) is 0 Å². The first-order valence-corrected chi connectivity index (χ1v) is 9.53. The Morgan fingerprint density at radius 3 is 1.45 bits per heavy atom. The molecule has 0 saturated heterocycles. The maximum atomic E-state index is 4.94. The fourth-order valence-electron chi connectivity index (χ4n) is 1.31. The molecule has 1 saturated carbocycles. The quantitative estimate of drug-likeness (QED) is 0.591. The van der Waals surface area contributed by atoms with Gasteiger partial charge in [0.2, 0.25) is 0 Å². The molecular formula is C7H8Cl3Rh. The van der Waals surface area contributed by atoms with Crippen molar-refractivity contribution in [2.75, 3.05) is 0 Å². The van der Waals surface area contributed by atoms with Crippen LogP contribution in [0.25, 0.3) is 0 Å². The number of halogens is 3. The molecule has 0 nitrogen and oxygen atoms in total. The normalized spacial score (nSPS) is 20.1. The summed E-state index contributed by atoms with van der Waals surface area (Å²) in [6.07, 6.45) is 8.54. The van der Waals surface area contributed by atoms with Crippen LogP contribution in [0.2, 0.25) is 0 Å². The van der Waals surface area contributed by atoms with Crippen molar-refractivity contribution in [1.82, 2.24) is 0 Å². The van der Waals surface area contributed by atoms with Crippen molar-refractivity contribution in [2.24, 2.45) is 0 Å². The van der Waals surface area contributed by atoms with Gasteiger partial charge in [-0.1, -0.05) is 23.3 Å². The van der Waals surface area contributed by atoms with Gasteiger partial charge in [-0.05, 0) is 19.3 Å². The van der Waals surface area contributed by atoms with Gasteiger partial charge in [0.1, 0.15) is 0 Å². The summed E-state index contributed by atoms with van der Waals surface area (Å²) in [5.41, 5.74) is 3.30. The number of hydrogen-bond donors (Lipinski definition) is 0. The molecule has 0 amide bonds. The van der Waals surface area contributed by atoms with Crippen molar-refractivity contribution in [3.05, 3.63) is 23.3 Å². The van der Waals surface area contributed by atoms with Crippen molar-refractivity contribution in [2.45, 2.75) is 19.3 Å². The van der Waals surface area contributed by atoms with E-state index < -0.39 is 13.0 Å². The molecule has 2 bridgehead atoms. The number of hydrogen-bond acceptors (Lipinski definition) is 0. The number of allylic oxidation sites excluding steroid dienone is 4. The first-order chi connectivity index (χ1) is 5.18. The third-order valence-corrected chi connectivity index (χ3v) is 1.78. The molecule has 0 N–H and O–H groups in total. The van der Waals surface area contributed by atoms with Crippen molar-refractivity contribution >= 4 is 29.1 Å². The second kappa shape index (κ2) is 4.87. The Bertz CT molecular complexity index is 175. The van der Waals surface area contributed by atoms with E-state index in [1.165, 1.54) is 19.3 Å². The van der Waals surface area contributed by atoms with Gasteiger partial charge in [-0.15, -0.1) is 0 Å². The number of rotatable bonds is 0. The van der Waals surface area contributed by atoms with Gasteiger partial charge >= 0.3 is 42.1 Å². The van der Waals surface area contributed by atoms with Crippen LogP contribution in [-0.2, 0) is 13.0 Å². The van der Waals surface area contributed by atoms with E-state index in [2.05, 4.69) is 12.2 Å². The van der Waals surface area contributed by atoms with Crippen LogP contribution in [0.3, 0.4) is 0 Å². The zero-order chi connectivity index (χ0) is 8.27. The third kappa shape index (κ3) is 3.94. The maximum absolute atomic E-state index is 4.94. The molecule has 66 valence electrons. The van der Waals surface area contributed by atoms with Gasteiger partial charge in [-0.3, -0.25) is 0 Å². The summed E-state index contributed by atoms with van der Waals surface area (Å²) in [5, 5.41) is 0. The molecule has 0 radical (unpaired) electrons. The first-order valence-electron chi connectivity index (χ1n) is 3.20. The number of fused-ring (bicyclic) bond motifs is 2. The summed E-state index contributed by atoms with van der Waals surface area (Å²) in [6, 6.07) is 0. The van der Waals surface area contributed by atoms with E-state index in [0.29, 0.717) is 0 Å². The van der Waals surface area contributed by atoms with Crippen molar-refractivity contribution in [3.8, 4) is 0 Å². The molecule has 0 aromatic rings. The summed E-state index contributed by atoms with van der Waals surface area (Å²) in [7, 11) is 14.8. The van der Waals surface area contributed by atoms with Crippen LogP contribution in [0, 0.1) is 0 Å². The van der Waals surface area contributed by atoms with E-state index in [0.717, 1.165) is 0 Å². The van der Waals surface area contributed by atoms with Crippen LogP contribution in [0.1, 0.15) is 19.3 Å². The van der Waals surface area contributed by atoms with Crippen LogP contribution in [0.15, 0.2) is 23.3 Å². The molecule has 0 unspecified atom stereocenters. The molecule has 11 heavy (non-hydrogen) atoms. The Morgan fingerprint density at radius 1 is 1.00 bits per heavy atom. The Morgan fingerprint density at radius 2 is 1.36 bits per heavy atom. The average Bonchev–Trinajstić information content (AvgIpc) is 2.45. The van der Waals surface area contributed by atoms with Crippen LogP contribution < -0.4 is 0 Å². The predicted molar refractivity (Wildman–Crippen MR) is 47.6 cm³/mol. The SMILES string of the molecule is C1=C2CCC(=C1)C2.[Cl][Rh]([Cl])[Cl]. The van der Waals surface area contributed by atoms with Gasteiger partial charge < -0.3 is 0 Å². The molecule has 1 fully saturated rings. The van der Waals surface area contributed by atoms with Gasteiger partial charge in [-0.25, -0.2) is 0 Å². The van der Waals surface area contributed by atoms with Gasteiger partial charge in [0.25, 0.3) is 0 Å². The van der Waals surface area contributed by atoms with Crippen molar-refractivity contribution in [1.29, 1.82) is 0 Å². The van der Waals surface area contributed by atoms with Crippen LogP contribution in [-0.4, -0.2) is 0 Å². The van der Waals surface area contributed by atoms with Crippen LogP contribution in [0.5, 0.6) is 0 Å². The molecule has 2 rings (SSSR count). The minimum atomic E-state index is -1.66. The Labute approximate surface area is 84.2 Å². The van der Waals surface area contributed by atoms with Gasteiger partial charge in [-0.2, -0.15) is 0 Å². The van der Waals surface area contributed by atoms with E-state index >= 15 is 0 Å². The molecule has 0 heterocycles. The Kier molecular flexibility index (Phi) is 4.45. The molecule has 4 heteroatoms. The molecule has 0 aromatic carbocycles. The molecule has 2 aliphatic carbocycles. The Balaban J connectivity index is 0.000000134. The van der Waals surface area contributed by atoms with E-state index in [4.69, 9.17) is 29.1 Å². The summed E-state index contributed by atoms with van der Waals surface area (Å²) < 4.78 is 0. The van der Waals surface area contributed by atoms with Crippen molar-refractivity contribution in [3.63, 3.8) is 0 Å². The van der Waals surface area contributed by atoms with E-state index in [9.17, 15) is 0 Å². The standard InChI is InChI=1S/C7H8.3ClH.Rh/c1-2-7-4-3-6(1)5-7;;;;/h1-2H,3-5H2;3*1H;/q;;;;+3/p-3. The summed E-state index contributed by atoms with van der Waals surface area (Å²) in [4.78, 5) is 0.